The number of carbonyl (C=O) groups is 3. The molecule has 0 bridgehead atoms. The maximum Gasteiger partial charge on any atom is 0.335 e. The van der Waals surface area contributed by atoms with E-state index in [-0.39, 0.29) is 11.3 Å². The molecule has 0 spiro atoms. The van der Waals surface area contributed by atoms with Crippen LogP contribution in [-0.4, -0.2) is 17.8 Å². The Balaban J connectivity index is 1.53. The SMILES string of the molecule is Cc1ccc(N2C(=O)NC(=O)/C(=C\c3ccc(OCc4ccccc4Br)cc3)C2=O)cc1Cl. The largest absolute Gasteiger partial charge is 0.489 e. The fourth-order valence-electron chi connectivity index (χ4n) is 3.22. The number of halogens is 2. The van der Waals surface area contributed by atoms with Crippen LogP contribution in [0.1, 0.15) is 16.7 Å². The Bertz CT molecular complexity index is 1290. The molecule has 1 fully saturated rings. The van der Waals surface area contributed by atoms with Gasteiger partial charge in [0.25, 0.3) is 11.8 Å². The summed E-state index contributed by atoms with van der Waals surface area (Å²) in [6.07, 6.45) is 1.43. The lowest BCUT2D eigenvalue weighted by Gasteiger charge is -2.26. The number of nitrogens with one attached hydrogen (secondary N) is 1. The second kappa shape index (κ2) is 9.60. The van der Waals surface area contributed by atoms with E-state index in [1.165, 1.54) is 12.1 Å². The third kappa shape index (κ3) is 4.99. The van der Waals surface area contributed by atoms with E-state index >= 15 is 0 Å². The number of amides is 4. The summed E-state index contributed by atoms with van der Waals surface area (Å²) in [5.41, 5.74) is 2.54. The molecule has 3 aromatic carbocycles. The van der Waals surface area contributed by atoms with E-state index in [1.807, 2.05) is 31.2 Å². The molecule has 0 radical (unpaired) electrons. The summed E-state index contributed by atoms with van der Waals surface area (Å²) in [5, 5.41) is 2.62. The van der Waals surface area contributed by atoms with Crippen molar-refractivity contribution in [1.82, 2.24) is 5.32 Å². The lowest BCUT2D eigenvalue weighted by Crippen LogP contribution is -2.54. The van der Waals surface area contributed by atoms with Crippen LogP contribution in [0.5, 0.6) is 5.75 Å². The van der Waals surface area contributed by atoms with Gasteiger partial charge < -0.3 is 4.74 Å². The summed E-state index contributed by atoms with van der Waals surface area (Å²) in [6, 6.07) is 18.7. The third-order valence-corrected chi connectivity index (χ3v) is 6.24. The quantitative estimate of drug-likeness (QED) is 0.345. The van der Waals surface area contributed by atoms with E-state index in [9.17, 15) is 14.4 Å². The van der Waals surface area contributed by atoms with E-state index in [0.29, 0.717) is 22.9 Å². The standard InChI is InChI=1S/C25H18BrClN2O4/c1-15-6-9-18(13-22(15)27)29-24(31)20(23(30)28-25(29)32)12-16-7-10-19(11-8-16)33-14-17-4-2-3-5-21(17)26/h2-13H,14H2,1H3,(H,28,30,32)/b20-12+. The van der Waals surface area contributed by atoms with Crippen LogP contribution in [-0.2, 0) is 16.2 Å². The molecule has 1 saturated heterocycles. The molecule has 6 nitrogen and oxygen atoms in total. The minimum atomic E-state index is -0.821. The normalized spacial score (nSPS) is 15.1. The van der Waals surface area contributed by atoms with E-state index in [0.717, 1.165) is 20.5 Å². The molecular formula is C25H18BrClN2O4. The van der Waals surface area contributed by atoms with Gasteiger partial charge in [0.05, 0.1) is 5.69 Å². The van der Waals surface area contributed by atoms with Crippen LogP contribution < -0.4 is 15.0 Å². The lowest BCUT2D eigenvalue weighted by atomic mass is 10.1. The maximum absolute atomic E-state index is 13.0. The molecular weight excluding hydrogens is 508 g/mol. The summed E-state index contributed by atoms with van der Waals surface area (Å²) in [6.45, 7) is 2.20. The Labute approximate surface area is 203 Å². The van der Waals surface area contributed by atoms with Gasteiger partial charge in [-0.1, -0.05) is 63.9 Å². The third-order valence-electron chi connectivity index (χ3n) is 5.06. The zero-order valence-corrected chi connectivity index (χ0v) is 19.8. The number of barbiturate groups is 1. The van der Waals surface area contributed by atoms with Crippen molar-refractivity contribution in [3.63, 3.8) is 0 Å². The van der Waals surface area contributed by atoms with Crippen molar-refractivity contribution >= 4 is 57.1 Å². The zero-order chi connectivity index (χ0) is 23.5. The van der Waals surface area contributed by atoms with Gasteiger partial charge in [-0.3, -0.25) is 14.9 Å². The molecule has 4 rings (SSSR count). The average molecular weight is 526 g/mol. The lowest BCUT2D eigenvalue weighted by molar-refractivity contribution is -0.122. The summed E-state index contributed by atoms with van der Waals surface area (Å²) in [5.74, 6) is -0.843. The molecule has 166 valence electrons. The Kier molecular flexibility index (Phi) is 6.62. The highest BCUT2D eigenvalue weighted by molar-refractivity contribution is 9.10. The van der Waals surface area contributed by atoms with Crippen LogP contribution in [0.25, 0.3) is 6.08 Å². The van der Waals surface area contributed by atoms with Gasteiger partial charge in [0, 0.05) is 15.1 Å². The number of hydrogen-bond acceptors (Lipinski definition) is 4. The molecule has 0 unspecified atom stereocenters. The molecule has 1 heterocycles. The molecule has 1 aliphatic heterocycles. The van der Waals surface area contributed by atoms with Crippen LogP contribution >= 0.6 is 27.5 Å². The molecule has 33 heavy (non-hydrogen) atoms. The Morgan fingerprint density at radius 1 is 1.03 bits per heavy atom. The Hall–Kier alpha value is -3.42. The van der Waals surface area contributed by atoms with Gasteiger partial charge >= 0.3 is 6.03 Å². The van der Waals surface area contributed by atoms with Crippen LogP contribution in [0.4, 0.5) is 10.5 Å². The van der Waals surface area contributed by atoms with E-state index in [4.69, 9.17) is 16.3 Å². The number of hydrogen-bond donors (Lipinski definition) is 1. The number of rotatable bonds is 5. The van der Waals surface area contributed by atoms with E-state index in [2.05, 4.69) is 21.2 Å². The van der Waals surface area contributed by atoms with Gasteiger partial charge in [-0.2, -0.15) is 0 Å². The zero-order valence-electron chi connectivity index (χ0n) is 17.5. The molecule has 0 aromatic heterocycles. The molecule has 1 aliphatic rings. The summed E-state index contributed by atoms with van der Waals surface area (Å²) < 4.78 is 6.77. The second-order valence-corrected chi connectivity index (χ2v) is 8.60. The summed E-state index contributed by atoms with van der Waals surface area (Å²) in [4.78, 5) is 38.6. The van der Waals surface area contributed by atoms with Gasteiger partial charge in [-0.05, 0) is 54.5 Å². The smallest absolute Gasteiger partial charge is 0.335 e. The first-order chi connectivity index (χ1) is 15.8. The molecule has 1 N–H and O–H groups in total. The van der Waals surface area contributed by atoms with Crippen LogP contribution in [0.3, 0.4) is 0 Å². The number of carbonyl (C=O) groups excluding carboxylic acids is 3. The minimum absolute atomic E-state index is 0.159. The van der Waals surface area contributed by atoms with Gasteiger partial charge in [-0.15, -0.1) is 0 Å². The van der Waals surface area contributed by atoms with Gasteiger partial charge in [0.15, 0.2) is 0 Å². The van der Waals surface area contributed by atoms with Gasteiger partial charge in [-0.25, -0.2) is 9.69 Å². The number of urea groups is 1. The number of imide groups is 2. The van der Waals surface area contributed by atoms with Crippen LogP contribution in [0.2, 0.25) is 5.02 Å². The predicted molar refractivity (Wildman–Crippen MR) is 130 cm³/mol. The topological polar surface area (TPSA) is 75.7 Å². The number of benzene rings is 3. The summed E-state index contributed by atoms with van der Waals surface area (Å²) >= 11 is 9.63. The van der Waals surface area contributed by atoms with Crippen molar-refractivity contribution in [3.8, 4) is 5.75 Å². The van der Waals surface area contributed by atoms with Crippen molar-refractivity contribution in [2.75, 3.05) is 4.90 Å². The van der Waals surface area contributed by atoms with E-state index < -0.39 is 17.8 Å². The molecule has 8 heteroatoms. The van der Waals surface area contributed by atoms with Gasteiger partial charge in [0.2, 0.25) is 0 Å². The number of nitrogens with zero attached hydrogens (tertiary/aromatic N) is 1. The van der Waals surface area contributed by atoms with Crippen LogP contribution in [0, 0.1) is 6.92 Å². The molecule has 0 saturated carbocycles. The highest BCUT2D eigenvalue weighted by atomic mass is 79.9. The monoisotopic (exact) mass is 524 g/mol. The minimum Gasteiger partial charge on any atom is -0.489 e. The number of ether oxygens (including phenoxy) is 1. The van der Waals surface area contributed by atoms with Crippen molar-refractivity contribution in [1.29, 1.82) is 0 Å². The van der Waals surface area contributed by atoms with E-state index in [1.54, 1.807) is 36.4 Å². The van der Waals surface area contributed by atoms with Crippen molar-refractivity contribution in [2.24, 2.45) is 0 Å². The van der Waals surface area contributed by atoms with Crippen LogP contribution in [0.15, 0.2) is 76.8 Å². The number of anilines is 1. The fourth-order valence-corrected chi connectivity index (χ4v) is 3.79. The predicted octanol–water partition coefficient (Wildman–Crippen LogP) is 5.66. The molecule has 3 aromatic rings. The molecule has 0 atom stereocenters. The fraction of sp³-hybridized carbons (Fsp3) is 0.0800. The van der Waals surface area contributed by atoms with Crippen molar-refractivity contribution in [2.45, 2.75) is 13.5 Å². The molecule has 4 amide bonds. The second-order valence-electron chi connectivity index (χ2n) is 7.34. The Morgan fingerprint density at radius 2 is 1.76 bits per heavy atom. The Morgan fingerprint density at radius 3 is 2.45 bits per heavy atom. The summed E-state index contributed by atoms with van der Waals surface area (Å²) in [7, 11) is 0. The van der Waals surface area contributed by atoms with Gasteiger partial charge in [0.1, 0.15) is 17.9 Å². The average Bonchev–Trinajstić information content (AvgIpc) is 2.79. The number of aryl methyl sites for hydroxylation is 1. The first kappa shape index (κ1) is 22.8. The maximum atomic E-state index is 13.0. The highest BCUT2D eigenvalue weighted by Crippen LogP contribution is 2.27. The first-order valence-electron chi connectivity index (χ1n) is 9.97. The first-order valence-corrected chi connectivity index (χ1v) is 11.1. The van der Waals surface area contributed by atoms with Crippen molar-refractivity contribution in [3.05, 3.63) is 98.5 Å². The molecule has 0 aliphatic carbocycles. The highest BCUT2D eigenvalue weighted by Gasteiger charge is 2.36. The van der Waals surface area contributed by atoms with Crippen molar-refractivity contribution < 1.29 is 19.1 Å².